The number of nitrogen functional groups attached to an aromatic ring is 1. The van der Waals surface area contributed by atoms with E-state index in [1.165, 1.54) is 23.8 Å². The van der Waals surface area contributed by atoms with Crippen molar-refractivity contribution in [2.24, 2.45) is 5.73 Å². The molecule has 2 aromatic rings. The topological polar surface area (TPSA) is 128 Å². The molecule has 0 atom stereocenters. The third kappa shape index (κ3) is 4.89. The fraction of sp³-hybridized carbons (Fsp3) is 0.350. The van der Waals surface area contributed by atoms with Gasteiger partial charge in [-0.1, -0.05) is 24.3 Å². The van der Waals surface area contributed by atoms with Crippen molar-refractivity contribution in [3.8, 4) is 5.75 Å². The molecule has 1 aliphatic heterocycles. The highest BCUT2D eigenvalue weighted by atomic mass is 32.2. The Morgan fingerprint density at radius 3 is 2.50 bits per heavy atom. The smallest absolute Gasteiger partial charge is 0.244 e. The van der Waals surface area contributed by atoms with Gasteiger partial charge in [-0.05, 0) is 67.6 Å². The fourth-order valence-corrected chi connectivity index (χ4v) is 4.57. The Kier molecular flexibility index (Phi) is 6.33. The van der Waals surface area contributed by atoms with Crippen LogP contribution in [0, 0.1) is 5.41 Å². The van der Waals surface area contributed by atoms with Crippen molar-refractivity contribution in [3.63, 3.8) is 0 Å². The van der Waals surface area contributed by atoms with E-state index in [9.17, 15) is 13.5 Å². The monoisotopic (exact) mass is 402 g/mol. The predicted octanol–water partition coefficient (Wildman–Crippen LogP) is 1.66. The average molecular weight is 403 g/mol. The molecule has 0 amide bonds. The number of nitrogens with two attached hydrogens (primary N) is 1. The van der Waals surface area contributed by atoms with Gasteiger partial charge in [-0.3, -0.25) is 5.41 Å². The van der Waals surface area contributed by atoms with Gasteiger partial charge in [0.2, 0.25) is 10.0 Å². The molecule has 1 saturated heterocycles. The first-order chi connectivity index (χ1) is 13.4. The van der Waals surface area contributed by atoms with Gasteiger partial charge < -0.3 is 16.2 Å². The highest BCUT2D eigenvalue weighted by Crippen LogP contribution is 2.26. The van der Waals surface area contributed by atoms with E-state index in [1.807, 2.05) is 12.1 Å². The standard InChI is InChI=1S/C20H26N4O3S/c21-20(22)17-5-6-18(25)19(13-17)28(26,27)24-12-7-14-1-3-15(4-2-14)16-8-10-23-11-9-16/h1-6,13,16,23-25H,7-12H2,(H3,21,22). The van der Waals surface area contributed by atoms with Crippen molar-refractivity contribution in [1.29, 1.82) is 5.41 Å². The Balaban J connectivity index is 1.61. The molecule has 0 aromatic heterocycles. The largest absolute Gasteiger partial charge is 0.507 e. The molecule has 150 valence electrons. The van der Waals surface area contributed by atoms with Gasteiger partial charge >= 0.3 is 0 Å². The summed E-state index contributed by atoms with van der Waals surface area (Å²) in [7, 11) is -3.90. The number of phenolic OH excluding ortho intramolecular Hbond substituents is 1. The van der Waals surface area contributed by atoms with E-state index >= 15 is 0 Å². The molecule has 1 fully saturated rings. The van der Waals surface area contributed by atoms with Crippen LogP contribution in [0.1, 0.15) is 35.4 Å². The van der Waals surface area contributed by atoms with Crippen molar-refractivity contribution in [3.05, 3.63) is 59.2 Å². The number of aromatic hydroxyl groups is 1. The zero-order valence-electron chi connectivity index (χ0n) is 15.6. The summed E-state index contributed by atoms with van der Waals surface area (Å²) in [5, 5.41) is 20.7. The van der Waals surface area contributed by atoms with Crippen LogP contribution in [0.3, 0.4) is 0 Å². The average Bonchev–Trinajstić information content (AvgIpc) is 2.69. The zero-order chi connectivity index (χ0) is 20.1. The van der Waals surface area contributed by atoms with Gasteiger partial charge in [0.25, 0.3) is 0 Å². The van der Waals surface area contributed by atoms with Crippen LogP contribution < -0.4 is 15.8 Å². The van der Waals surface area contributed by atoms with Crippen LogP contribution in [0.2, 0.25) is 0 Å². The minimum Gasteiger partial charge on any atom is -0.507 e. The van der Waals surface area contributed by atoms with Gasteiger partial charge in [0.15, 0.2) is 0 Å². The van der Waals surface area contributed by atoms with Crippen molar-refractivity contribution in [2.45, 2.75) is 30.1 Å². The van der Waals surface area contributed by atoms with Crippen molar-refractivity contribution >= 4 is 15.9 Å². The van der Waals surface area contributed by atoms with E-state index < -0.39 is 10.0 Å². The number of benzene rings is 2. The quantitative estimate of drug-likeness (QED) is 0.355. The highest BCUT2D eigenvalue weighted by Gasteiger charge is 2.19. The van der Waals surface area contributed by atoms with Gasteiger partial charge in [-0.2, -0.15) is 0 Å². The summed E-state index contributed by atoms with van der Waals surface area (Å²) >= 11 is 0. The van der Waals surface area contributed by atoms with Crippen LogP contribution in [0.4, 0.5) is 0 Å². The molecule has 0 saturated carbocycles. The maximum atomic E-state index is 12.5. The number of piperidine rings is 1. The third-order valence-corrected chi connectivity index (χ3v) is 6.55. The van der Waals surface area contributed by atoms with E-state index in [0.717, 1.165) is 31.5 Å². The lowest BCUT2D eigenvalue weighted by Crippen LogP contribution is -2.27. The lowest BCUT2D eigenvalue weighted by Gasteiger charge is -2.23. The second-order valence-corrected chi connectivity index (χ2v) is 8.75. The zero-order valence-corrected chi connectivity index (χ0v) is 16.4. The van der Waals surface area contributed by atoms with Gasteiger partial charge in [0, 0.05) is 12.1 Å². The third-order valence-electron chi connectivity index (χ3n) is 5.06. The van der Waals surface area contributed by atoms with E-state index in [2.05, 4.69) is 22.2 Å². The molecular formula is C20H26N4O3S. The number of hydrogen-bond donors (Lipinski definition) is 5. The number of phenols is 1. The van der Waals surface area contributed by atoms with Crippen LogP contribution in [0.5, 0.6) is 5.75 Å². The Bertz CT molecular complexity index is 936. The summed E-state index contributed by atoms with van der Waals surface area (Å²) in [4.78, 5) is -0.276. The van der Waals surface area contributed by atoms with Gasteiger partial charge in [0.1, 0.15) is 16.5 Å². The second kappa shape index (κ2) is 8.72. The molecule has 0 aliphatic carbocycles. The molecular weight excluding hydrogens is 376 g/mol. The minimum atomic E-state index is -3.90. The molecule has 1 aliphatic rings. The molecule has 0 radical (unpaired) electrons. The van der Waals surface area contributed by atoms with Gasteiger partial charge in [-0.25, -0.2) is 13.1 Å². The van der Waals surface area contributed by atoms with Crippen LogP contribution in [-0.2, 0) is 16.4 Å². The number of sulfonamides is 1. The molecule has 1 heterocycles. The van der Waals surface area contributed by atoms with Crippen molar-refractivity contribution in [1.82, 2.24) is 10.0 Å². The van der Waals surface area contributed by atoms with Crippen molar-refractivity contribution in [2.75, 3.05) is 19.6 Å². The van der Waals surface area contributed by atoms with Crippen LogP contribution in [0.25, 0.3) is 0 Å². The van der Waals surface area contributed by atoms with E-state index in [1.54, 1.807) is 0 Å². The summed E-state index contributed by atoms with van der Waals surface area (Å²) in [6.45, 7) is 2.30. The SMILES string of the molecule is N=C(N)c1ccc(O)c(S(=O)(=O)NCCc2ccc(C3CCNCC3)cc2)c1. The summed E-state index contributed by atoms with van der Waals surface area (Å²) in [5.74, 6) is -0.0422. The molecule has 0 unspecified atom stereocenters. The highest BCUT2D eigenvalue weighted by molar-refractivity contribution is 7.89. The number of amidine groups is 1. The van der Waals surface area contributed by atoms with Gasteiger partial charge in [0.05, 0.1) is 0 Å². The lowest BCUT2D eigenvalue weighted by atomic mass is 9.89. The summed E-state index contributed by atoms with van der Waals surface area (Å²) in [6.07, 6.45) is 2.82. The molecule has 7 nitrogen and oxygen atoms in total. The Labute approximate surface area is 165 Å². The van der Waals surface area contributed by atoms with E-state index in [4.69, 9.17) is 11.1 Å². The maximum Gasteiger partial charge on any atom is 0.244 e. The van der Waals surface area contributed by atoms with Crippen LogP contribution in [0.15, 0.2) is 47.4 Å². The number of hydrogen-bond acceptors (Lipinski definition) is 5. The van der Waals surface area contributed by atoms with E-state index in [0.29, 0.717) is 12.3 Å². The molecule has 6 N–H and O–H groups in total. The second-order valence-electron chi connectivity index (χ2n) is 7.01. The van der Waals surface area contributed by atoms with Crippen LogP contribution >= 0.6 is 0 Å². The Morgan fingerprint density at radius 1 is 1.18 bits per heavy atom. The number of rotatable bonds is 7. The normalized spacial score (nSPS) is 15.4. The molecule has 3 rings (SSSR count). The Morgan fingerprint density at radius 2 is 1.86 bits per heavy atom. The maximum absolute atomic E-state index is 12.5. The van der Waals surface area contributed by atoms with Crippen molar-refractivity contribution < 1.29 is 13.5 Å². The summed E-state index contributed by atoms with van der Waals surface area (Å²) in [5.41, 5.74) is 8.02. The van der Waals surface area contributed by atoms with Gasteiger partial charge in [-0.15, -0.1) is 0 Å². The first-order valence-electron chi connectivity index (χ1n) is 9.33. The lowest BCUT2D eigenvalue weighted by molar-refractivity contribution is 0.458. The Hall–Kier alpha value is -2.42. The number of nitrogens with one attached hydrogen (secondary N) is 3. The first-order valence-corrected chi connectivity index (χ1v) is 10.8. The fourth-order valence-electron chi connectivity index (χ4n) is 3.42. The molecule has 0 bridgehead atoms. The molecule has 28 heavy (non-hydrogen) atoms. The molecule has 8 heteroatoms. The molecule has 2 aromatic carbocycles. The summed E-state index contributed by atoms with van der Waals surface area (Å²) in [6, 6.07) is 12.2. The van der Waals surface area contributed by atoms with E-state index in [-0.39, 0.29) is 28.6 Å². The molecule has 0 spiro atoms. The minimum absolute atomic E-state index is 0.207. The van der Waals surface area contributed by atoms with Crippen LogP contribution in [-0.4, -0.2) is 39.0 Å². The first kappa shape index (κ1) is 20.3. The summed E-state index contributed by atoms with van der Waals surface area (Å²) < 4.78 is 27.5. The predicted molar refractivity (Wildman–Crippen MR) is 109 cm³/mol.